The summed E-state index contributed by atoms with van der Waals surface area (Å²) in [6.45, 7) is 6.13. The molecule has 3 nitrogen and oxygen atoms in total. The van der Waals surface area contributed by atoms with Crippen molar-refractivity contribution in [3.63, 3.8) is 0 Å². The second-order valence-corrected chi connectivity index (χ2v) is 3.93. The fourth-order valence-electron chi connectivity index (χ4n) is 0.822. The highest BCUT2D eigenvalue weighted by atomic mass is 32.1. The largest absolute Gasteiger partial charge is 0.295 e. The molecule has 4 heteroatoms. The molecule has 0 amide bonds. The minimum absolute atomic E-state index is 0.103. The molecule has 0 aliphatic heterocycles. The van der Waals surface area contributed by atoms with E-state index in [2.05, 4.69) is 23.7 Å². The summed E-state index contributed by atoms with van der Waals surface area (Å²) >= 11 is 1.65. The van der Waals surface area contributed by atoms with E-state index in [1.165, 1.54) is 0 Å². The van der Waals surface area contributed by atoms with Crippen LogP contribution < -0.4 is 5.90 Å². The summed E-state index contributed by atoms with van der Waals surface area (Å²) in [7, 11) is 0. The third-order valence-electron chi connectivity index (χ3n) is 1.65. The lowest BCUT2D eigenvalue weighted by Crippen LogP contribution is -2.05. The molecule has 1 aromatic rings. The molecular formula is C8H14N2OS. The van der Waals surface area contributed by atoms with Gasteiger partial charge in [-0.1, -0.05) is 13.8 Å². The van der Waals surface area contributed by atoms with Gasteiger partial charge in [0.25, 0.3) is 0 Å². The van der Waals surface area contributed by atoms with Gasteiger partial charge in [-0.05, 0) is 6.92 Å². The van der Waals surface area contributed by atoms with Crippen molar-refractivity contribution in [1.29, 1.82) is 0 Å². The Morgan fingerprint density at radius 3 is 2.58 bits per heavy atom. The van der Waals surface area contributed by atoms with E-state index in [-0.39, 0.29) is 6.10 Å². The van der Waals surface area contributed by atoms with Crippen molar-refractivity contribution in [3.05, 3.63) is 16.1 Å². The molecule has 1 aromatic heterocycles. The van der Waals surface area contributed by atoms with Gasteiger partial charge in [-0.3, -0.25) is 4.84 Å². The minimum atomic E-state index is -0.103. The normalized spacial score (nSPS) is 13.8. The van der Waals surface area contributed by atoms with Gasteiger partial charge >= 0.3 is 0 Å². The summed E-state index contributed by atoms with van der Waals surface area (Å²) in [6.07, 6.45) is -0.103. The molecule has 68 valence electrons. The number of hydrogen-bond acceptors (Lipinski definition) is 4. The summed E-state index contributed by atoms with van der Waals surface area (Å²) in [5.74, 6) is 5.53. The number of nitrogens with zero attached hydrogens (tertiary/aromatic N) is 1. The zero-order valence-electron chi connectivity index (χ0n) is 7.57. The van der Waals surface area contributed by atoms with Gasteiger partial charge in [0, 0.05) is 11.3 Å². The molecule has 0 aliphatic rings. The van der Waals surface area contributed by atoms with Crippen molar-refractivity contribution in [2.45, 2.75) is 32.8 Å². The minimum Gasteiger partial charge on any atom is -0.295 e. The predicted molar refractivity (Wildman–Crippen MR) is 49.9 cm³/mol. The van der Waals surface area contributed by atoms with Crippen molar-refractivity contribution >= 4 is 11.3 Å². The zero-order valence-corrected chi connectivity index (χ0v) is 8.39. The molecule has 2 N–H and O–H groups in total. The summed E-state index contributed by atoms with van der Waals surface area (Å²) in [5.41, 5.74) is 0.922. The van der Waals surface area contributed by atoms with E-state index in [0.717, 1.165) is 10.7 Å². The zero-order chi connectivity index (χ0) is 9.14. The first kappa shape index (κ1) is 9.64. The van der Waals surface area contributed by atoms with Gasteiger partial charge in [0.2, 0.25) is 0 Å². The van der Waals surface area contributed by atoms with Crippen LogP contribution in [0.1, 0.15) is 43.5 Å². The van der Waals surface area contributed by atoms with Crippen LogP contribution in [0.5, 0.6) is 0 Å². The Kier molecular flexibility index (Phi) is 3.20. The van der Waals surface area contributed by atoms with E-state index < -0.39 is 0 Å². The molecule has 0 bridgehead atoms. The third kappa shape index (κ3) is 2.03. The van der Waals surface area contributed by atoms with Crippen molar-refractivity contribution in [2.24, 2.45) is 5.90 Å². The average Bonchev–Trinajstić information content (AvgIpc) is 2.51. The lowest BCUT2D eigenvalue weighted by Gasteiger charge is -2.03. The second-order valence-electron chi connectivity index (χ2n) is 3.04. The van der Waals surface area contributed by atoms with Crippen LogP contribution in [0.4, 0.5) is 0 Å². The molecule has 12 heavy (non-hydrogen) atoms. The number of thiazole rings is 1. The highest BCUT2D eigenvalue weighted by Crippen LogP contribution is 2.23. The van der Waals surface area contributed by atoms with E-state index in [9.17, 15) is 0 Å². The first-order chi connectivity index (χ1) is 5.65. The van der Waals surface area contributed by atoms with Gasteiger partial charge in [0.1, 0.15) is 6.10 Å². The van der Waals surface area contributed by atoms with Crippen molar-refractivity contribution in [2.75, 3.05) is 0 Å². The summed E-state index contributed by atoms with van der Waals surface area (Å²) < 4.78 is 0. The Morgan fingerprint density at radius 2 is 2.17 bits per heavy atom. The first-order valence-corrected chi connectivity index (χ1v) is 4.84. The van der Waals surface area contributed by atoms with Crippen LogP contribution in [0.3, 0.4) is 0 Å². The fourth-order valence-corrected chi connectivity index (χ4v) is 1.74. The van der Waals surface area contributed by atoms with E-state index in [1.54, 1.807) is 11.3 Å². The van der Waals surface area contributed by atoms with Gasteiger partial charge in [-0.2, -0.15) is 0 Å². The van der Waals surface area contributed by atoms with Crippen LogP contribution in [0.2, 0.25) is 0 Å². The SMILES string of the molecule is CC(C)c1nc(C(C)ON)cs1. The van der Waals surface area contributed by atoms with Crippen LogP contribution in [0.15, 0.2) is 5.38 Å². The highest BCUT2D eigenvalue weighted by Gasteiger charge is 2.10. The standard InChI is InChI=1S/C8H14N2OS/c1-5(2)8-10-7(4-12-8)6(3)11-9/h4-6H,9H2,1-3H3. The van der Waals surface area contributed by atoms with Gasteiger partial charge in [0.15, 0.2) is 0 Å². The fraction of sp³-hybridized carbons (Fsp3) is 0.625. The summed E-state index contributed by atoms with van der Waals surface area (Å²) in [6, 6.07) is 0. The van der Waals surface area contributed by atoms with Crippen molar-refractivity contribution in [1.82, 2.24) is 4.98 Å². The summed E-state index contributed by atoms with van der Waals surface area (Å²) in [5, 5.41) is 3.13. The predicted octanol–water partition coefficient (Wildman–Crippen LogP) is 2.22. The van der Waals surface area contributed by atoms with Gasteiger partial charge in [-0.15, -0.1) is 11.3 Å². The number of aromatic nitrogens is 1. The maximum atomic E-state index is 5.05. The molecule has 0 aromatic carbocycles. The van der Waals surface area contributed by atoms with Crippen LogP contribution >= 0.6 is 11.3 Å². The maximum absolute atomic E-state index is 5.05. The Hall–Kier alpha value is -0.450. The Bertz CT molecular complexity index is 247. The molecule has 1 heterocycles. The van der Waals surface area contributed by atoms with Crippen LogP contribution in [0, 0.1) is 0 Å². The van der Waals surface area contributed by atoms with Crippen LogP contribution in [-0.2, 0) is 4.84 Å². The molecule has 0 fully saturated rings. The quantitative estimate of drug-likeness (QED) is 0.736. The van der Waals surface area contributed by atoms with Gasteiger partial charge in [0.05, 0.1) is 10.7 Å². The Labute approximate surface area is 76.5 Å². The average molecular weight is 186 g/mol. The van der Waals surface area contributed by atoms with E-state index in [4.69, 9.17) is 5.90 Å². The lowest BCUT2D eigenvalue weighted by atomic mass is 10.2. The number of nitrogens with two attached hydrogens (primary N) is 1. The lowest BCUT2D eigenvalue weighted by molar-refractivity contribution is 0.0637. The maximum Gasteiger partial charge on any atom is 0.119 e. The topological polar surface area (TPSA) is 48.1 Å². The van der Waals surface area contributed by atoms with Crippen molar-refractivity contribution < 1.29 is 4.84 Å². The molecule has 0 radical (unpaired) electrons. The Balaban J connectivity index is 2.77. The number of hydrogen-bond donors (Lipinski definition) is 1. The summed E-state index contributed by atoms with van der Waals surface area (Å²) in [4.78, 5) is 9.07. The molecule has 0 spiro atoms. The number of rotatable bonds is 3. The van der Waals surface area contributed by atoms with Crippen molar-refractivity contribution in [3.8, 4) is 0 Å². The highest BCUT2D eigenvalue weighted by molar-refractivity contribution is 7.09. The first-order valence-electron chi connectivity index (χ1n) is 3.96. The molecule has 1 unspecified atom stereocenters. The Morgan fingerprint density at radius 1 is 1.50 bits per heavy atom. The third-order valence-corrected chi connectivity index (χ3v) is 2.82. The molecule has 0 aliphatic carbocycles. The molecule has 0 saturated carbocycles. The van der Waals surface area contributed by atoms with E-state index in [0.29, 0.717) is 5.92 Å². The molecule has 1 rings (SSSR count). The van der Waals surface area contributed by atoms with E-state index in [1.807, 2.05) is 12.3 Å². The molecule has 0 saturated heterocycles. The molecular weight excluding hydrogens is 172 g/mol. The second kappa shape index (κ2) is 3.98. The van der Waals surface area contributed by atoms with Gasteiger partial charge in [-0.25, -0.2) is 10.9 Å². The van der Waals surface area contributed by atoms with Crippen LogP contribution in [-0.4, -0.2) is 4.98 Å². The smallest absolute Gasteiger partial charge is 0.119 e. The van der Waals surface area contributed by atoms with Gasteiger partial charge < -0.3 is 0 Å². The monoisotopic (exact) mass is 186 g/mol. The molecule has 1 atom stereocenters. The van der Waals surface area contributed by atoms with E-state index >= 15 is 0 Å². The van der Waals surface area contributed by atoms with Crippen LogP contribution in [0.25, 0.3) is 0 Å².